The second-order valence-electron chi connectivity index (χ2n) is 7.27. The van der Waals surface area contributed by atoms with Gasteiger partial charge in [-0.3, -0.25) is 9.69 Å². The van der Waals surface area contributed by atoms with E-state index in [1.54, 1.807) is 0 Å². The highest BCUT2D eigenvalue weighted by atomic mass is 16.5. The molecule has 0 spiro atoms. The van der Waals surface area contributed by atoms with E-state index in [9.17, 15) is 4.79 Å². The topological polar surface area (TPSA) is 41.6 Å². The fourth-order valence-electron chi connectivity index (χ4n) is 3.61. The van der Waals surface area contributed by atoms with E-state index in [0.717, 1.165) is 38.5 Å². The minimum Gasteiger partial charge on any atom is -0.381 e. The average molecular weight is 330 g/mol. The molecule has 3 rings (SSSR count). The van der Waals surface area contributed by atoms with Crippen molar-refractivity contribution < 1.29 is 9.53 Å². The van der Waals surface area contributed by atoms with Crippen LogP contribution in [0.25, 0.3) is 0 Å². The maximum Gasteiger partial charge on any atom is 0.234 e. The van der Waals surface area contributed by atoms with E-state index in [1.165, 1.54) is 24.8 Å². The van der Waals surface area contributed by atoms with Gasteiger partial charge in [0, 0.05) is 31.8 Å². The summed E-state index contributed by atoms with van der Waals surface area (Å²) < 4.78 is 5.37. The average Bonchev–Trinajstić information content (AvgIpc) is 2.58. The van der Waals surface area contributed by atoms with Crippen molar-refractivity contribution in [1.82, 2.24) is 10.2 Å². The number of nitrogens with zero attached hydrogens (tertiary/aromatic N) is 1. The molecule has 0 bridgehead atoms. The Hall–Kier alpha value is -1.39. The van der Waals surface area contributed by atoms with E-state index in [-0.39, 0.29) is 18.0 Å². The Bertz CT molecular complexity index is 510. The maximum atomic E-state index is 12.6. The van der Waals surface area contributed by atoms with Gasteiger partial charge in [0.05, 0.1) is 6.54 Å². The van der Waals surface area contributed by atoms with Gasteiger partial charge in [0.15, 0.2) is 0 Å². The molecule has 4 nitrogen and oxygen atoms in total. The van der Waals surface area contributed by atoms with Crippen LogP contribution in [0.5, 0.6) is 0 Å². The Morgan fingerprint density at radius 3 is 2.54 bits per heavy atom. The number of hydrogen-bond acceptors (Lipinski definition) is 3. The fraction of sp³-hybridized carbons (Fsp3) is 0.650. The number of rotatable bonds is 7. The number of hydrogen-bond donors (Lipinski definition) is 1. The van der Waals surface area contributed by atoms with Gasteiger partial charge in [0.2, 0.25) is 5.91 Å². The summed E-state index contributed by atoms with van der Waals surface area (Å²) in [7, 11) is 0. The lowest BCUT2D eigenvalue weighted by Gasteiger charge is -2.36. The second kappa shape index (κ2) is 8.63. The Labute approximate surface area is 145 Å². The summed E-state index contributed by atoms with van der Waals surface area (Å²) in [4.78, 5) is 14.9. The Morgan fingerprint density at radius 2 is 1.92 bits per heavy atom. The van der Waals surface area contributed by atoms with E-state index >= 15 is 0 Å². The quantitative estimate of drug-likeness (QED) is 0.835. The maximum absolute atomic E-state index is 12.6. The van der Waals surface area contributed by atoms with E-state index in [2.05, 4.69) is 41.4 Å². The first-order valence-corrected chi connectivity index (χ1v) is 9.38. The SMILES string of the molecule is C[C@H](c1ccccc1)N(CC(=O)NC1CCOCC1)CC1CCC1. The molecule has 1 atom stereocenters. The lowest BCUT2D eigenvalue weighted by Crippen LogP contribution is -2.46. The molecule has 2 fully saturated rings. The molecule has 1 N–H and O–H groups in total. The minimum absolute atomic E-state index is 0.156. The van der Waals surface area contributed by atoms with Crippen molar-refractivity contribution in [3.8, 4) is 0 Å². The molecular formula is C20H30N2O2. The molecule has 2 aliphatic rings. The van der Waals surface area contributed by atoms with E-state index in [0.29, 0.717) is 6.54 Å². The van der Waals surface area contributed by atoms with Gasteiger partial charge in [-0.25, -0.2) is 0 Å². The van der Waals surface area contributed by atoms with Crippen molar-refractivity contribution in [2.75, 3.05) is 26.3 Å². The molecule has 1 saturated carbocycles. The number of carbonyl (C=O) groups excluding carboxylic acids is 1. The van der Waals surface area contributed by atoms with Crippen LogP contribution in [0.4, 0.5) is 0 Å². The first-order chi connectivity index (χ1) is 11.7. The van der Waals surface area contributed by atoms with Crippen LogP contribution in [-0.2, 0) is 9.53 Å². The summed E-state index contributed by atoms with van der Waals surface area (Å²) in [6.45, 7) is 5.26. The van der Waals surface area contributed by atoms with Crippen LogP contribution in [0, 0.1) is 5.92 Å². The largest absolute Gasteiger partial charge is 0.381 e. The molecule has 1 saturated heterocycles. The second-order valence-corrected chi connectivity index (χ2v) is 7.27. The van der Waals surface area contributed by atoms with Gasteiger partial charge in [-0.2, -0.15) is 0 Å². The van der Waals surface area contributed by atoms with Crippen molar-refractivity contribution in [3.63, 3.8) is 0 Å². The number of carbonyl (C=O) groups is 1. The zero-order chi connectivity index (χ0) is 16.8. The lowest BCUT2D eigenvalue weighted by atomic mass is 9.84. The molecule has 1 aliphatic heterocycles. The van der Waals surface area contributed by atoms with Gasteiger partial charge in [0.1, 0.15) is 0 Å². The van der Waals surface area contributed by atoms with Crippen molar-refractivity contribution in [3.05, 3.63) is 35.9 Å². The summed E-state index contributed by atoms with van der Waals surface area (Å²) in [5.41, 5.74) is 1.29. The van der Waals surface area contributed by atoms with Crippen molar-refractivity contribution in [1.29, 1.82) is 0 Å². The first-order valence-electron chi connectivity index (χ1n) is 9.38. The normalized spacial score (nSPS) is 20.6. The number of nitrogens with one attached hydrogen (secondary N) is 1. The third kappa shape index (κ3) is 4.81. The highest BCUT2D eigenvalue weighted by Gasteiger charge is 2.26. The zero-order valence-corrected chi connectivity index (χ0v) is 14.7. The lowest BCUT2D eigenvalue weighted by molar-refractivity contribution is -0.124. The van der Waals surface area contributed by atoms with Gasteiger partial charge in [-0.1, -0.05) is 36.8 Å². The zero-order valence-electron chi connectivity index (χ0n) is 14.7. The van der Waals surface area contributed by atoms with E-state index in [4.69, 9.17) is 4.74 Å². The third-order valence-electron chi connectivity index (χ3n) is 5.48. The summed E-state index contributed by atoms with van der Waals surface area (Å²) in [6.07, 6.45) is 5.82. The van der Waals surface area contributed by atoms with E-state index in [1.807, 2.05) is 6.07 Å². The van der Waals surface area contributed by atoms with Crippen LogP contribution in [0.2, 0.25) is 0 Å². The highest BCUT2D eigenvalue weighted by molar-refractivity contribution is 5.78. The first kappa shape index (κ1) is 17.4. The Morgan fingerprint density at radius 1 is 1.21 bits per heavy atom. The van der Waals surface area contributed by atoms with Crippen LogP contribution in [0.15, 0.2) is 30.3 Å². The summed E-state index contributed by atoms with van der Waals surface area (Å²) in [5.74, 6) is 0.913. The van der Waals surface area contributed by atoms with Crippen LogP contribution in [0.3, 0.4) is 0 Å². The molecule has 0 radical (unpaired) electrons. The minimum atomic E-state index is 0.156. The van der Waals surface area contributed by atoms with Crippen molar-refractivity contribution >= 4 is 5.91 Å². The van der Waals surface area contributed by atoms with Crippen LogP contribution in [-0.4, -0.2) is 43.2 Å². The van der Waals surface area contributed by atoms with Gasteiger partial charge in [0.25, 0.3) is 0 Å². The summed E-state index contributed by atoms with van der Waals surface area (Å²) in [5, 5.41) is 3.20. The molecule has 1 aromatic carbocycles. The van der Waals surface area contributed by atoms with Gasteiger partial charge < -0.3 is 10.1 Å². The van der Waals surface area contributed by atoms with E-state index < -0.39 is 0 Å². The molecule has 1 heterocycles. The molecule has 1 aliphatic carbocycles. The molecule has 24 heavy (non-hydrogen) atoms. The van der Waals surface area contributed by atoms with Crippen molar-refractivity contribution in [2.45, 2.75) is 51.1 Å². The van der Waals surface area contributed by atoms with Crippen LogP contribution >= 0.6 is 0 Å². The van der Waals surface area contributed by atoms with Gasteiger partial charge in [-0.15, -0.1) is 0 Å². The summed E-state index contributed by atoms with van der Waals surface area (Å²) >= 11 is 0. The fourth-order valence-corrected chi connectivity index (χ4v) is 3.61. The van der Waals surface area contributed by atoms with Gasteiger partial charge >= 0.3 is 0 Å². The molecular weight excluding hydrogens is 300 g/mol. The molecule has 132 valence electrons. The number of benzene rings is 1. The number of amides is 1. The van der Waals surface area contributed by atoms with Crippen molar-refractivity contribution in [2.24, 2.45) is 5.92 Å². The molecule has 1 amide bonds. The van der Waals surface area contributed by atoms with Crippen LogP contribution < -0.4 is 5.32 Å². The smallest absolute Gasteiger partial charge is 0.234 e. The highest BCUT2D eigenvalue weighted by Crippen LogP contribution is 2.30. The standard InChI is InChI=1S/C20H30N2O2/c1-16(18-8-3-2-4-9-18)22(14-17-6-5-7-17)15-20(23)21-19-10-12-24-13-11-19/h2-4,8-9,16-17,19H,5-7,10-15H2,1H3,(H,21,23)/t16-/m1/s1. The third-order valence-corrected chi connectivity index (χ3v) is 5.48. The Balaban J connectivity index is 1.59. The Kier molecular flexibility index (Phi) is 6.27. The monoisotopic (exact) mass is 330 g/mol. The molecule has 0 unspecified atom stereocenters. The predicted molar refractivity (Wildman–Crippen MR) is 95.8 cm³/mol. The molecule has 4 heteroatoms. The predicted octanol–water partition coefficient (Wildman–Crippen LogP) is 3.14. The number of ether oxygens (including phenoxy) is 1. The van der Waals surface area contributed by atoms with Gasteiger partial charge in [-0.05, 0) is 44.1 Å². The molecule has 0 aromatic heterocycles. The van der Waals surface area contributed by atoms with Crippen LogP contribution in [0.1, 0.15) is 50.6 Å². The summed E-state index contributed by atoms with van der Waals surface area (Å²) in [6, 6.07) is 11.1. The molecule has 1 aromatic rings.